The summed E-state index contributed by atoms with van der Waals surface area (Å²) in [5, 5.41) is 6.76. The van der Waals surface area contributed by atoms with Crippen LogP contribution in [-0.2, 0) is 0 Å². The maximum absolute atomic E-state index is 12.5. The number of aromatic nitrogens is 1. The fourth-order valence-electron chi connectivity index (χ4n) is 2.17. The number of amides is 2. The molecule has 2 N–H and O–H groups in total. The van der Waals surface area contributed by atoms with Gasteiger partial charge in [-0.2, -0.15) is 0 Å². The number of benzene rings is 2. The number of halogens is 2. The molecule has 0 aliphatic heterocycles. The summed E-state index contributed by atoms with van der Waals surface area (Å²) < 4.78 is 0. The Hall–Kier alpha value is -2.41. The zero-order chi connectivity index (χ0) is 18.7. The summed E-state index contributed by atoms with van der Waals surface area (Å²) in [5.74, 6) is -0.659. The molecule has 5 nitrogen and oxygen atoms in total. The fourth-order valence-corrected chi connectivity index (χ4v) is 3.34. The van der Waals surface area contributed by atoms with Gasteiger partial charge in [0, 0.05) is 10.6 Å². The molecule has 3 rings (SSSR count). The molecule has 2 aromatic carbocycles. The Bertz CT molecular complexity index is 971. The highest BCUT2D eigenvalue weighted by Crippen LogP contribution is 2.26. The van der Waals surface area contributed by atoms with Gasteiger partial charge in [0.15, 0.2) is 5.13 Å². The second kappa shape index (κ2) is 7.86. The molecule has 3 aromatic rings. The van der Waals surface area contributed by atoms with Crippen LogP contribution in [0.2, 0.25) is 10.0 Å². The van der Waals surface area contributed by atoms with E-state index in [1.807, 2.05) is 0 Å². The first-order valence-electron chi connectivity index (χ1n) is 7.54. The van der Waals surface area contributed by atoms with E-state index in [0.717, 1.165) is 11.3 Å². The molecule has 2 amide bonds. The first-order chi connectivity index (χ1) is 12.4. The van der Waals surface area contributed by atoms with Gasteiger partial charge in [0.05, 0.1) is 16.4 Å². The highest BCUT2D eigenvalue weighted by atomic mass is 35.5. The van der Waals surface area contributed by atoms with Gasteiger partial charge in [-0.25, -0.2) is 4.98 Å². The van der Waals surface area contributed by atoms with E-state index >= 15 is 0 Å². The summed E-state index contributed by atoms with van der Waals surface area (Å²) in [7, 11) is 0. The van der Waals surface area contributed by atoms with E-state index in [9.17, 15) is 9.59 Å². The Morgan fingerprint density at radius 3 is 2.35 bits per heavy atom. The van der Waals surface area contributed by atoms with E-state index in [1.165, 1.54) is 0 Å². The molecule has 0 atom stereocenters. The molecule has 0 unspecified atom stereocenters. The molecule has 26 heavy (non-hydrogen) atoms. The van der Waals surface area contributed by atoms with Crippen LogP contribution in [0.3, 0.4) is 0 Å². The molecular formula is C18H13Cl2N3O2S. The predicted molar refractivity (Wildman–Crippen MR) is 106 cm³/mol. The predicted octanol–water partition coefficient (Wildman–Crippen LogP) is 5.26. The molecule has 0 spiro atoms. The van der Waals surface area contributed by atoms with Gasteiger partial charge >= 0.3 is 0 Å². The fraction of sp³-hybridized carbons (Fsp3) is 0.0556. The van der Waals surface area contributed by atoms with Gasteiger partial charge in [-0.1, -0.05) is 46.7 Å². The molecule has 0 saturated carbocycles. The average molecular weight is 406 g/mol. The molecule has 0 fully saturated rings. The van der Waals surface area contributed by atoms with Gasteiger partial charge in [0.1, 0.15) is 4.88 Å². The highest BCUT2D eigenvalue weighted by molar-refractivity contribution is 7.17. The second-order valence-electron chi connectivity index (χ2n) is 5.33. The lowest BCUT2D eigenvalue weighted by atomic mass is 10.2. The maximum atomic E-state index is 12.5. The van der Waals surface area contributed by atoms with Gasteiger partial charge in [0.2, 0.25) is 0 Å². The number of nitrogens with zero attached hydrogens (tertiary/aromatic N) is 1. The van der Waals surface area contributed by atoms with Crippen molar-refractivity contribution in [1.82, 2.24) is 4.98 Å². The standard InChI is InChI=1S/C18H13Cl2N3O2S/c1-10-15(17(25)22-14-5-3-2-4-13(14)20)26-18(21-10)23-16(24)11-6-8-12(19)9-7-11/h2-9H,1H3,(H,22,25)(H,21,23,24). The number of aryl methyl sites for hydroxylation is 1. The van der Waals surface area contributed by atoms with Gasteiger partial charge in [-0.3, -0.25) is 14.9 Å². The minimum absolute atomic E-state index is 0.325. The van der Waals surface area contributed by atoms with E-state index in [1.54, 1.807) is 55.5 Å². The van der Waals surface area contributed by atoms with Crippen molar-refractivity contribution in [2.24, 2.45) is 0 Å². The van der Waals surface area contributed by atoms with Crippen LogP contribution in [-0.4, -0.2) is 16.8 Å². The number of hydrogen-bond acceptors (Lipinski definition) is 4. The molecule has 132 valence electrons. The van der Waals surface area contributed by atoms with Crippen LogP contribution in [0, 0.1) is 6.92 Å². The van der Waals surface area contributed by atoms with E-state index < -0.39 is 0 Å². The number of rotatable bonds is 4. The van der Waals surface area contributed by atoms with Crippen molar-refractivity contribution in [2.45, 2.75) is 6.92 Å². The lowest BCUT2D eigenvalue weighted by Crippen LogP contribution is -2.11. The summed E-state index contributed by atoms with van der Waals surface area (Å²) in [6.07, 6.45) is 0. The van der Waals surface area contributed by atoms with Crippen molar-refractivity contribution >= 4 is 57.2 Å². The van der Waals surface area contributed by atoms with E-state index in [2.05, 4.69) is 15.6 Å². The lowest BCUT2D eigenvalue weighted by Gasteiger charge is -2.05. The molecule has 1 aromatic heterocycles. The monoisotopic (exact) mass is 405 g/mol. The van der Waals surface area contributed by atoms with Crippen LogP contribution in [0.15, 0.2) is 48.5 Å². The minimum atomic E-state index is -0.333. The van der Waals surface area contributed by atoms with Gasteiger partial charge < -0.3 is 5.32 Å². The Morgan fingerprint density at radius 1 is 0.962 bits per heavy atom. The largest absolute Gasteiger partial charge is 0.320 e. The summed E-state index contributed by atoms with van der Waals surface area (Å²) in [6.45, 7) is 1.70. The summed E-state index contributed by atoms with van der Waals surface area (Å²) in [4.78, 5) is 29.4. The van der Waals surface area contributed by atoms with Crippen LogP contribution in [0.5, 0.6) is 0 Å². The number of carbonyl (C=O) groups excluding carboxylic acids is 2. The molecular weight excluding hydrogens is 393 g/mol. The van der Waals surface area contributed by atoms with Gasteiger partial charge in [0.25, 0.3) is 11.8 Å². The molecule has 0 aliphatic rings. The Labute approximate surface area is 164 Å². The lowest BCUT2D eigenvalue weighted by molar-refractivity contribution is 0.102. The Kier molecular flexibility index (Phi) is 5.56. The third-order valence-corrected chi connectivity index (χ3v) is 5.10. The zero-order valence-electron chi connectivity index (χ0n) is 13.5. The minimum Gasteiger partial charge on any atom is -0.320 e. The SMILES string of the molecule is Cc1nc(NC(=O)c2ccc(Cl)cc2)sc1C(=O)Nc1ccccc1Cl. The van der Waals surface area contributed by atoms with E-state index in [0.29, 0.717) is 37.0 Å². The van der Waals surface area contributed by atoms with Crippen molar-refractivity contribution in [3.8, 4) is 0 Å². The zero-order valence-corrected chi connectivity index (χ0v) is 15.9. The summed E-state index contributed by atoms with van der Waals surface area (Å²) >= 11 is 13.0. The van der Waals surface area contributed by atoms with Crippen molar-refractivity contribution in [2.75, 3.05) is 10.6 Å². The number of hydrogen-bond donors (Lipinski definition) is 2. The van der Waals surface area contributed by atoms with E-state index in [4.69, 9.17) is 23.2 Å². The molecule has 0 radical (unpaired) electrons. The van der Waals surface area contributed by atoms with Crippen LogP contribution in [0.4, 0.5) is 10.8 Å². The maximum Gasteiger partial charge on any atom is 0.267 e. The molecule has 0 saturated heterocycles. The van der Waals surface area contributed by atoms with Crippen molar-refractivity contribution in [3.05, 3.63) is 74.7 Å². The van der Waals surface area contributed by atoms with Crippen LogP contribution in [0.25, 0.3) is 0 Å². The number of carbonyl (C=O) groups is 2. The molecule has 0 bridgehead atoms. The topological polar surface area (TPSA) is 71.1 Å². The number of anilines is 2. The molecule has 0 aliphatic carbocycles. The number of thiazole rings is 1. The molecule has 1 heterocycles. The Balaban J connectivity index is 1.74. The van der Waals surface area contributed by atoms with E-state index in [-0.39, 0.29) is 11.8 Å². The summed E-state index contributed by atoms with van der Waals surface area (Å²) in [6, 6.07) is 13.4. The van der Waals surface area contributed by atoms with Crippen molar-refractivity contribution in [1.29, 1.82) is 0 Å². The van der Waals surface area contributed by atoms with Gasteiger partial charge in [-0.15, -0.1) is 0 Å². The first kappa shape index (κ1) is 18.4. The second-order valence-corrected chi connectivity index (χ2v) is 7.17. The quantitative estimate of drug-likeness (QED) is 0.621. The smallest absolute Gasteiger partial charge is 0.267 e. The van der Waals surface area contributed by atoms with Crippen LogP contribution in [0.1, 0.15) is 25.7 Å². The highest BCUT2D eigenvalue weighted by Gasteiger charge is 2.18. The van der Waals surface area contributed by atoms with Crippen molar-refractivity contribution < 1.29 is 9.59 Å². The summed E-state index contributed by atoms with van der Waals surface area (Å²) in [5.41, 5.74) is 1.48. The number of para-hydroxylation sites is 1. The third kappa shape index (κ3) is 4.22. The molecule has 8 heteroatoms. The first-order valence-corrected chi connectivity index (χ1v) is 9.11. The normalized spacial score (nSPS) is 10.4. The van der Waals surface area contributed by atoms with Gasteiger partial charge in [-0.05, 0) is 43.3 Å². The number of nitrogens with one attached hydrogen (secondary N) is 2. The Morgan fingerprint density at radius 2 is 1.65 bits per heavy atom. The third-order valence-electron chi connectivity index (χ3n) is 3.45. The average Bonchev–Trinajstić information content (AvgIpc) is 2.98. The van der Waals surface area contributed by atoms with Crippen molar-refractivity contribution in [3.63, 3.8) is 0 Å². The van der Waals surface area contributed by atoms with Crippen LogP contribution >= 0.6 is 34.5 Å². The van der Waals surface area contributed by atoms with Crippen LogP contribution < -0.4 is 10.6 Å².